The van der Waals surface area contributed by atoms with E-state index in [9.17, 15) is 4.79 Å². The molecular formula is C29H33BrN2O2. The first kappa shape index (κ1) is 24.5. The van der Waals surface area contributed by atoms with Crippen LogP contribution in [0.1, 0.15) is 36.5 Å². The van der Waals surface area contributed by atoms with Crippen LogP contribution in [0.3, 0.4) is 0 Å². The minimum Gasteiger partial charge on any atom is -0.497 e. The van der Waals surface area contributed by atoms with Crippen LogP contribution in [0.25, 0.3) is 0 Å². The van der Waals surface area contributed by atoms with Crippen LogP contribution in [0.15, 0.2) is 77.3 Å². The lowest BCUT2D eigenvalue weighted by Gasteiger charge is -2.39. The molecule has 0 spiro atoms. The largest absolute Gasteiger partial charge is 0.497 e. The molecule has 1 fully saturated rings. The zero-order valence-corrected chi connectivity index (χ0v) is 21.8. The second-order valence-electron chi connectivity index (χ2n) is 9.25. The molecule has 5 heteroatoms. The number of rotatable bonds is 7. The topological polar surface area (TPSA) is 32.8 Å². The van der Waals surface area contributed by atoms with Crippen molar-refractivity contribution in [2.24, 2.45) is 5.92 Å². The van der Waals surface area contributed by atoms with Gasteiger partial charge in [0.2, 0.25) is 5.91 Å². The Hall–Kier alpha value is -2.63. The van der Waals surface area contributed by atoms with Crippen LogP contribution in [0.2, 0.25) is 0 Å². The number of piperidine rings is 1. The first-order valence-corrected chi connectivity index (χ1v) is 12.7. The van der Waals surface area contributed by atoms with Gasteiger partial charge >= 0.3 is 0 Å². The Morgan fingerprint density at radius 1 is 1.06 bits per heavy atom. The van der Waals surface area contributed by atoms with E-state index in [2.05, 4.69) is 77.1 Å². The Labute approximate surface area is 211 Å². The average molecular weight is 521 g/mol. The van der Waals surface area contributed by atoms with Crippen LogP contribution in [-0.4, -0.2) is 30.5 Å². The van der Waals surface area contributed by atoms with Gasteiger partial charge in [0.25, 0.3) is 0 Å². The number of halogens is 1. The van der Waals surface area contributed by atoms with Crippen molar-refractivity contribution in [2.45, 2.75) is 45.8 Å². The highest BCUT2D eigenvalue weighted by molar-refractivity contribution is 9.10. The summed E-state index contributed by atoms with van der Waals surface area (Å²) in [4.78, 5) is 18.4. The molecule has 0 saturated carbocycles. The quantitative estimate of drug-likeness (QED) is 0.351. The average Bonchev–Trinajstić information content (AvgIpc) is 2.86. The van der Waals surface area contributed by atoms with Gasteiger partial charge in [0, 0.05) is 23.0 Å². The number of benzene rings is 3. The molecule has 178 valence electrons. The summed E-state index contributed by atoms with van der Waals surface area (Å²) in [6.07, 6.45) is 1.74. The van der Waals surface area contributed by atoms with Gasteiger partial charge in [0.05, 0.1) is 19.3 Å². The summed E-state index contributed by atoms with van der Waals surface area (Å²) < 4.78 is 6.25. The first-order valence-electron chi connectivity index (χ1n) is 11.9. The van der Waals surface area contributed by atoms with Gasteiger partial charge in [-0.3, -0.25) is 9.69 Å². The summed E-state index contributed by atoms with van der Waals surface area (Å²) in [7, 11) is 1.67. The minimum absolute atomic E-state index is 0.00711. The predicted octanol–water partition coefficient (Wildman–Crippen LogP) is 6.60. The Bertz CT molecular complexity index is 1100. The van der Waals surface area contributed by atoms with Crippen LogP contribution in [0.4, 0.5) is 5.69 Å². The highest BCUT2D eigenvalue weighted by atomic mass is 79.9. The molecule has 1 saturated heterocycles. The van der Waals surface area contributed by atoms with Gasteiger partial charge in [-0.2, -0.15) is 0 Å². The molecule has 34 heavy (non-hydrogen) atoms. The smallest absolute Gasteiger partial charge is 0.230 e. The zero-order valence-electron chi connectivity index (χ0n) is 20.2. The summed E-state index contributed by atoms with van der Waals surface area (Å²) >= 11 is 3.70. The molecule has 3 aromatic rings. The molecule has 0 bridgehead atoms. The van der Waals surface area contributed by atoms with Crippen molar-refractivity contribution in [1.29, 1.82) is 0 Å². The molecule has 1 amide bonds. The molecule has 1 heterocycles. The van der Waals surface area contributed by atoms with Crippen molar-refractivity contribution in [1.82, 2.24) is 4.90 Å². The summed E-state index contributed by atoms with van der Waals surface area (Å²) in [6, 6.07) is 25.1. The number of amides is 1. The number of carbonyl (C=O) groups excluding carboxylic acids is 1. The Kier molecular flexibility index (Phi) is 8.07. The fourth-order valence-corrected chi connectivity index (χ4v) is 5.20. The number of ether oxygens (including phenoxy) is 1. The van der Waals surface area contributed by atoms with Crippen LogP contribution < -0.4 is 9.64 Å². The standard InChI is InChI=1S/C29H33BrN2O2/c1-21-9-14-27(30)28(17-21)32(20-24-10-12-26(34-3)13-11-24)29(33)25-15-16-31(22(2)18-25)19-23-7-5-4-6-8-23/h4-14,17,22,25H,15-16,18-20H2,1-3H3/t22-,25?/m0/s1. The van der Waals surface area contributed by atoms with Crippen LogP contribution in [0, 0.1) is 12.8 Å². The number of likely N-dealkylation sites (tertiary alicyclic amines) is 1. The van der Waals surface area contributed by atoms with E-state index in [4.69, 9.17) is 4.74 Å². The molecule has 1 unspecified atom stereocenters. The molecule has 2 atom stereocenters. The van der Waals surface area contributed by atoms with E-state index in [1.807, 2.05) is 35.2 Å². The molecule has 0 aromatic heterocycles. The lowest BCUT2D eigenvalue weighted by atomic mass is 9.89. The maximum atomic E-state index is 14.0. The van der Waals surface area contributed by atoms with Gasteiger partial charge in [-0.1, -0.05) is 48.5 Å². The third-order valence-corrected chi connectivity index (χ3v) is 7.42. The molecule has 0 radical (unpaired) electrons. The van der Waals surface area contributed by atoms with Crippen LogP contribution >= 0.6 is 15.9 Å². The van der Waals surface area contributed by atoms with Crippen molar-refractivity contribution in [2.75, 3.05) is 18.6 Å². The van der Waals surface area contributed by atoms with E-state index >= 15 is 0 Å². The lowest BCUT2D eigenvalue weighted by Crippen LogP contribution is -2.46. The van der Waals surface area contributed by atoms with Crippen molar-refractivity contribution in [3.63, 3.8) is 0 Å². The number of anilines is 1. The molecule has 1 aliphatic rings. The summed E-state index contributed by atoms with van der Waals surface area (Å²) in [5, 5.41) is 0. The third-order valence-electron chi connectivity index (χ3n) is 6.75. The monoisotopic (exact) mass is 520 g/mol. The highest BCUT2D eigenvalue weighted by Crippen LogP contribution is 2.33. The van der Waals surface area contributed by atoms with Crippen molar-refractivity contribution < 1.29 is 9.53 Å². The first-order chi connectivity index (χ1) is 16.4. The van der Waals surface area contributed by atoms with E-state index in [0.29, 0.717) is 12.6 Å². The number of carbonyl (C=O) groups is 1. The lowest BCUT2D eigenvalue weighted by molar-refractivity contribution is -0.124. The predicted molar refractivity (Wildman–Crippen MR) is 142 cm³/mol. The van der Waals surface area contributed by atoms with E-state index in [-0.39, 0.29) is 11.8 Å². The van der Waals surface area contributed by atoms with E-state index in [1.54, 1.807) is 7.11 Å². The molecular weight excluding hydrogens is 488 g/mol. The van der Waals surface area contributed by atoms with Gasteiger partial charge in [0.1, 0.15) is 5.75 Å². The minimum atomic E-state index is 0.00711. The maximum absolute atomic E-state index is 14.0. The Morgan fingerprint density at radius 3 is 2.47 bits per heavy atom. The second-order valence-corrected chi connectivity index (χ2v) is 10.1. The summed E-state index contributed by atoms with van der Waals surface area (Å²) in [5.41, 5.74) is 4.47. The molecule has 1 aliphatic heterocycles. The molecule has 4 rings (SSSR count). The molecule has 0 aliphatic carbocycles. The van der Waals surface area contributed by atoms with Crippen molar-refractivity contribution >= 4 is 27.5 Å². The molecule has 3 aromatic carbocycles. The molecule has 4 nitrogen and oxygen atoms in total. The van der Waals surface area contributed by atoms with E-state index < -0.39 is 0 Å². The fraction of sp³-hybridized carbons (Fsp3) is 0.345. The van der Waals surface area contributed by atoms with E-state index in [1.165, 1.54) is 5.56 Å². The third kappa shape index (κ3) is 5.89. The number of aryl methyl sites for hydroxylation is 1. The zero-order chi connectivity index (χ0) is 24.1. The number of methoxy groups -OCH3 is 1. The highest BCUT2D eigenvalue weighted by Gasteiger charge is 2.33. The number of nitrogens with zero attached hydrogens (tertiary/aromatic N) is 2. The van der Waals surface area contributed by atoms with Gasteiger partial charge in [0.15, 0.2) is 0 Å². The number of hydrogen-bond donors (Lipinski definition) is 0. The van der Waals surface area contributed by atoms with Crippen LogP contribution in [-0.2, 0) is 17.9 Å². The summed E-state index contributed by atoms with van der Waals surface area (Å²) in [5.74, 6) is 1.03. The maximum Gasteiger partial charge on any atom is 0.230 e. The summed E-state index contributed by atoms with van der Waals surface area (Å²) in [6.45, 7) is 6.71. The Balaban J connectivity index is 1.53. The SMILES string of the molecule is COc1ccc(CN(C(=O)C2CCN(Cc3ccccc3)[C@@H](C)C2)c2cc(C)ccc2Br)cc1. The van der Waals surface area contributed by atoms with Crippen molar-refractivity contribution in [3.05, 3.63) is 94.0 Å². The van der Waals surface area contributed by atoms with Gasteiger partial charge in [-0.15, -0.1) is 0 Å². The van der Waals surface area contributed by atoms with Gasteiger partial charge < -0.3 is 9.64 Å². The van der Waals surface area contributed by atoms with Gasteiger partial charge in [-0.05, 0) is 90.1 Å². The fourth-order valence-electron chi connectivity index (χ4n) is 4.74. The molecule has 0 N–H and O–H groups in total. The van der Waals surface area contributed by atoms with Crippen molar-refractivity contribution in [3.8, 4) is 5.75 Å². The second kappa shape index (κ2) is 11.2. The van der Waals surface area contributed by atoms with Gasteiger partial charge in [-0.25, -0.2) is 0 Å². The number of hydrogen-bond acceptors (Lipinski definition) is 3. The Morgan fingerprint density at radius 2 is 1.79 bits per heavy atom. The normalized spacial score (nSPS) is 18.5. The van der Waals surface area contributed by atoms with E-state index in [0.717, 1.165) is 53.0 Å². The van der Waals surface area contributed by atoms with Crippen LogP contribution in [0.5, 0.6) is 5.75 Å².